The summed E-state index contributed by atoms with van der Waals surface area (Å²) in [4.78, 5) is 12.1. The average molecular weight is 477 g/mol. The molecule has 4 heteroatoms. The second-order valence-electron chi connectivity index (χ2n) is 11.1. The van der Waals surface area contributed by atoms with E-state index in [1.807, 2.05) is 0 Å². The second-order valence-corrected chi connectivity index (χ2v) is 11.1. The molecule has 0 bridgehead atoms. The van der Waals surface area contributed by atoms with Crippen LogP contribution in [0.15, 0.2) is 23.8 Å². The van der Waals surface area contributed by atoms with Crippen molar-refractivity contribution >= 4 is 5.97 Å². The van der Waals surface area contributed by atoms with Crippen LogP contribution in [0.5, 0.6) is 0 Å². The lowest BCUT2D eigenvalue weighted by Crippen LogP contribution is -2.29. The van der Waals surface area contributed by atoms with E-state index in [4.69, 9.17) is 4.74 Å². The first-order valence-corrected chi connectivity index (χ1v) is 14.3. The van der Waals surface area contributed by atoms with Gasteiger partial charge in [0, 0.05) is 6.42 Å². The highest BCUT2D eigenvalue weighted by molar-refractivity contribution is 5.69. The van der Waals surface area contributed by atoms with Crippen molar-refractivity contribution in [3.05, 3.63) is 23.8 Å². The van der Waals surface area contributed by atoms with E-state index in [1.165, 1.54) is 70.6 Å². The van der Waals surface area contributed by atoms with Crippen molar-refractivity contribution < 1.29 is 19.7 Å². The maximum Gasteiger partial charge on any atom is 0.306 e. The molecule has 196 valence electrons. The van der Waals surface area contributed by atoms with Crippen molar-refractivity contribution in [1.82, 2.24) is 0 Å². The molecule has 2 aliphatic carbocycles. The van der Waals surface area contributed by atoms with Crippen molar-refractivity contribution in [3.63, 3.8) is 0 Å². The van der Waals surface area contributed by atoms with Crippen molar-refractivity contribution in [1.29, 1.82) is 0 Å². The molecule has 4 atom stereocenters. The van der Waals surface area contributed by atoms with E-state index >= 15 is 0 Å². The molecule has 2 N–H and O–H groups in total. The molecular formula is C30H52O4. The Morgan fingerprint density at radius 3 is 2.29 bits per heavy atom. The van der Waals surface area contributed by atoms with Gasteiger partial charge in [-0.2, -0.15) is 0 Å². The highest BCUT2D eigenvalue weighted by atomic mass is 16.5. The third kappa shape index (κ3) is 10.6. The van der Waals surface area contributed by atoms with Crippen molar-refractivity contribution in [2.75, 3.05) is 6.61 Å². The zero-order chi connectivity index (χ0) is 24.7. The van der Waals surface area contributed by atoms with Gasteiger partial charge in [-0.05, 0) is 74.7 Å². The molecule has 0 radical (unpaired) electrons. The quantitative estimate of drug-likeness (QED) is 0.130. The average Bonchev–Trinajstić information content (AvgIpc) is 2.93. The van der Waals surface area contributed by atoms with Crippen LogP contribution in [0.2, 0.25) is 0 Å². The van der Waals surface area contributed by atoms with E-state index in [1.54, 1.807) is 0 Å². The van der Waals surface area contributed by atoms with Gasteiger partial charge in [0.05, 0.1) is 12.2 Å². The number of carbonyl (C=O) groups is 1. The lowest BCUT2D eigenvalue weighted by atomic mass is 9.76. The number of allylic oxidation sites excluding steroid dienone is 3. The van der Waals surface area contributed by atoms with E-state index in [2.05, 4.69) is 32.1 Å². The number of ether oxygens (including phenoxy) is 1. The Morgan fingerprint density at radius 1 is 1.00 bits per heavy atom. The fourth-order valence-corrected chi connectivity index (χ4v) is 5.72. The van der Waals surface area contributed by atoms with E-state index < -0.39 is 12.2 Å². The van der Waals surface area contributed by atoms with Crippen LogP contribution in [0.3, 0.4) is 0 Å². The maximum atomic E-state index is 12.1. The molecule has 0 spiro atoms. The van der Waals surface area contributed by atoms with Crippen molar-refractivity contribution in [2.24, 2.45) is 11.3 Å². The minimum absolute atomic E-state index is 0.0474. The van der Waals surface area contributed by atoms with Crippen LogP contribution < -0.4 is 0 Å². The standard InChI is InChI=1S/C30H52O4/c1-3-4-5-6-7-8-9-10-11-12-13-14-15-16-17-18-28(32)34-24-25-19-20-26-29(33)27(31)23-30(26,2)22-21-25/h10-11,21,26-27,29,31,33H,3-9,12-20,22-24H2,1-2H3/b11-10-/t26?,27?,29-,30?/m1/s1. The summed E-state index contributed by atoms with van der Waals surface area (Å²) in [6.45, 7) is 4.81. The number of esters is 1. The molecule has 0 amide bonds. The van der Waals surface area contributed by atoms with E-state index in [0.29, 0.717) is 19.4 Å². The predicted molar refractivity (Wildman–Crippen MR) is 141 cm³/mol. The van der Waals surface area contributed by atoms with Crippen molar-refractivity contribution in [3.8, 4) is 0 Å². The highest BCUT2D eigenvalue weighted by Crippen LogP contribution is 2.50. The third-order valence-electron chi connectivity index (χ3n) is 8.07. The van der Waals surface area contributed by atoms with Crippen LogP contribution in [0.25, 0.3) is 0 Å². The van der Waals surface area contributed by atoms with Crippen LogP contribution in [0.1, 0.15) is 129 Å². The molecule has 2 rings (SSSR count). The first-order chi connectivity index (χ1) is 16.5. The van der Waals surface area contributed by atoms with E-state index in [-0.39, 0.29) is 17.3 Å². The van der Waals surface area contributed by atoms with Crippen LogP contribution >= 0.6 is 0 Å². The van der Waals surface area contributed by atoms with E-state index in [0.717, 1.165) is 37.7 Å². The van der Waals surface area contributed by atoms with Gasteiger partial charge in [-0.25, -0.2) is 0 Å². The number of rotatable bonds is 17. The molecule has 0 heterocycles. The molecule has 1 saturated carbocycles. The Bertz CT molecular complexity index is 625. The summed E-state index contributed by atoms with van der Waals surface area (Å²) in [5.41, 5.74) is 1.11. The molecule has 0 aromatic carbocycles. The first kappa shape index (κ1) is 29.1. The number of aliphatic hydroxyl groups is 2. The number of hydrogen-bond donors (Lipinski definition) is 2. The minimum atomic E-state index is -0.624. The molecular weight excluding hydrogens is 424 g/mol. The monoisotopic (exact) mass is 476 g/mol. The van der Waals surface area contributed by atoms with Gasteiger partial charge < -0.3 is 14.9 Å². The Balaban J connectivity index is 1.43. The Kier molecular flexibility index (Phi) is 14.1. The van der Waals surface area contributed by atoms with Gasteiger partial charge in [0.15, 0.2) is 0 Å². The minimum Gasteiger partial charge on any atom is -0.461 e. The zero-order valence-corrected chi connectivity index (χ0v) is 22.1. The molecule has 34 heavy (non-hydrogen) atoms. The summed E-state index contributed by atoms with van der Waals surface area (Å²) in [5.74, 6) is 0.0346. The zero-order valence-electron chi connectivity index (χ0n) is 22.1. The van der Waals surface area contributed by atoms with Crippen molar-refractivity contribution in [2.45, 2.75) is 142 Å². The van der Waals surface area contributed by atoms with Crippen LogP contribution in [0, 0.1) is 11.3 Å². The molecule has 0 aliphatic heterocycles. The Labute approximate surface area is 209 Å². The fraction of sp³-hybridized carbons (Fsp3) is 0.833. The molecule has 0 aromatic rings. The highest BCUT2D eigenvalue weighted by Gasteiger charge is 2.49. The molecule has 3 unspecified atom stereocenters. The molecule has 2 aliphatic rings. The summed E-state index contributed by atoms with van der Waals surface area (Å²) in [7, 11) is 0. The topological polar surface area (TPSA) is 66.8 Å². The van der Waals surface area contributed by atoms with Crippen LogP contribution in [-0.2, 0) is 9.53 Å². The number of aliphatic hydroxyl groups excluding tert-OH is 2. The summed E-state index contributed by atoms with van der Waals surface area (Å²) < 4.78 is 5.53. The van der Waals surface area contributed by atoms with Gasteiger partial charge in [-0.3, -0.25) is 4.79 Å². The third-order valence-corrected chi connectivity index (χ3v) is 8.07. The van der Waals surface area contributed by atoms with Gasteiger partial charge >= 0.3 is 5.97 Å². The SMILES string of the molecule is CCCCCCCC/C=C\CCCCCCCC(=O)OCC1=CCC2(C)CC(O)[C@H](O)C2CC1. The maximum absolute atomic E-state index is 12.1. The predicted octanol–water partition coefficient (Wildman–Crippen LogP) is 7.43. The normalized spacial score (nSPS) is 26.9. The Morgan fingerprint density at radius 2 is 1.62 bits per heavy atom. The largest absolute Gasteiger partial charge is 0.461 e. The second kappa shape index (κ2) is 16.5. The number of hydrogen-bond acceptors (Lipinski definition) is 4. The molecule has 0 saturated heterocycles. The number of carbonyl (C=O) groups excluding carboxylic acids is 1. The molecule has 4 nitrogen and oxygen atoms in total. The van der Waals surface area contributed by atoms with Crippen LogP contribution in [-0.4, -0.2) is 35.0 Å². The van der Waals surface area contributed by atoms with Gasteiger partial charge in [0.2, 0.25) is 0 Å². The van der Waals surface area contributed by atoms with Gasteiger partial charge in [-0.1, -0.05) is 83.4 Å². The van der Waals surface area contributed by atoms with Gasteiger partial charge in [0.25, 0.3) is 0 Å². The Hall–Kier alpha value is -1.13. The smallest absolute Gasteiger partial charge is 0.306 e. The number of fused-ring (bicyclic) bond motifs is 1. The summed E-state index contributed by atoms with van der Waals surface area (Å²) in [5, 5.41) is 20.3. The van der Waals surface area contributed by atoms with E-state index in [9.17, 15) is 15.0 Å². The first-order valence-electron chi connectivity index (χ1n) is 14.3. The lowest BCUT2D eigenvalue weighted by molar-refractivity contribution is -0.142. The van der Waals surface area contributed by atoms with Gasteiger partial charge in [-0.15, -0.1) is 0 Å². The number of unbranched alkanes of at least 4 members (excludes halogenated alkanes) is 11. The molecule has 1 fully saturated rings. The molecule has 0 aromatic heterocycles. The summed E-state index contributed by atoms with van der Waals surface area (Å²) in [6.07, 6.45) is 25.7. The van der Waals surface area contributed by atoms with Gasteiger partial charge in [0.1, 0.15) is 6.61 Å². The summed E-state index contributed by atoms with van der Waals surface area (Å²) in [6, 6.07) is 0. The fourth-order valence-electron chi connectivity index (χ4n) is 5.72. The lowest BCUT2D eigenvalue weighted by Gasteiger charge is -2.29. The van der Waals surface area contributed by atoms with Crippen LogP contribution in [0.4, 0.5) is 0 Å². The summed E-state index contributed by atoms with van der Waals surface area (Å²) >= 11 is 0.